The van der Waals surface area contributed by atoms with Crippen molar-refractivity contribution in [2.75, 3.05) is 13.1 Å². The highest BCUT2D eigenvalue weighted by Crippen LogP contribution is 2.08. The molecule has 0 aromatic rings. The van der Waals surface area contributed by atoms with Gasteiger partial charge in [-0.1, -0.05) is 6.92 Å². The van der Waals surface area contributed by atoms with Gasteiger partial charge in [0.2, 0.25) is 0 Å². The van der Waals surface area contributed by atoms with Crippen LogP contribution in [-0.2, 0) is 4.79 Å². The summed E-state index contributed by atoms with van der Waals surface area (Å²) < 4.78 is 0. The van der Waals surface area contributed by atoms with Gasteiger partial charge in [-0.15, -0.1) is 0 Å². The molecule has 2 atom stereocenters. The number of aliphatic carboxylic acids is 1. The minimum Gasteiger partial charge on any atom is -0.480 e. The minimum atomic E-state index is -1.00. The molecule has 0 radical (unpaired) electrons. The molecule has 0 aromatic carbocycles. The molecule has 1 rings (SSSR count). The zero-order chi connectivity index (χ0) is 12.1. The van der Waals surface area contributed by atoms with Crippen LogP contribution in [0.3, 0.4) is 0 Å². The summed E-state index contributed by atoms with van der Waals surface area (Å²) in [7, 11) is 0. The van der Waals surface area contributed by atoms with E-state index in [9.17, 15) is 9.59 Å². The van der Waals surface area contributed by atoms with Crippen molar-refractivity contribution in [3.05, 3.63) is 0 Å². The number of nitrogens with two attached hydrogens (primary N) is 1. The molecule has 1 aliphatic heterocycles. The number of carbonyl (C=O) groups excluding carboxylic acids is 1. The van der Waals surface area contributed by atoms with Crippen LogP contribution in [0.5, 0.6) is 0 Å². The van der Waals surface area contributed by atoms with Crippen molar-refractivity contribution in [2.45, 2.75) is 38.3 Å². The van der Waals surface area contributed by atoms with E-state index in [-0.39, 0.29) is 12.1 Å². The summed E-state index contributed by atoms with van der Waals surface area (Å²) in [5, 5.41) is 11.3. The number of urea groups is 1. The summed E-state index contributed by atoms with van der Waals surface area (Å²) in [4.78, 5) is 24.1. The van der Waals surface area contributed by atoms with Gasteiger partial charge >= 0.3 is 12.0 Å². The van der Waals surface area contributed by atoms with Crippen molar-refractivity contribution in [3.63, 3.8) is 0 Å². The number of carboxylic acid groups (broad SMARTS) is 1. The molecule has 1 fully saturated rings. The number of carbonyl (C=O) groups is 2. The van der Waals surface area contributed by atoms with Crippen molar-refractivity contribution in [1.82, 2.24) is 10.2 Å². The quantitative estimate of drug-likeness (QED) is 0.634. The predicted molar refractivity (Wildman–Crippen MR) is 59.0 cm³/mol. The molecular weight excluding hydrogens is 210 g/mol. The summed E-state index contributed by atoms with van der Waals surface area (Å²) in [6.45, 7) is 2.87. The van der Waals surface area contributed by atoms with E-state index in [4.69, 9.17) is 10.8 Å². The maximum Gasteiger partial charge on any atom is 0.326 e. The van der Waals surface area contributed by atoms with E-state index in [0.717, 1.165) is 12.8 Å². The fourth-order valence-corrected chi connectivity index (χ4v) is 1.77. The van der Waals surface area contributed by atoms with Gasteiger partial charge in [-0.05, 0) is 19.3 Å². The normalized spacial score (nSPS) is 22.6. The summed E-state index contributed by atoms with van der Waals surface area (Å²) in [5.41, 5.74) is 5.75. The fraction of sp³-hybridized carbons (Fsp3) is 0.800. The monoisotopic (exact) mass is 229 g/mol. The molecule has 0 bridgehead atoms. The van der Waals surface area contributed by atoms with Crippen molar-refractivity contribution < 1.29 is 14.7 Å². The number of amides is 2. The van der Waals surface area contributed by atoms with Crippen LogP contribution >= 0.6 is 0 Å². The number of likely N-dealkylation sites (tertiary alicyclic amines) is 1. The van der Waals surface area contributed by atoms with E-state index in [1.165, 1.54) is 0 Å². The van der Waals surface area contributed by atoms with Gasteiger partial charge in [0.25, 0.3) is 0 Å². The Morgan fingerprint density at radius 2 is 2.31 bits per heavy atom. The van der Waals surface area contributed by atoms with Gasteiger partial charge in [0.15, 0.2) is 0 Å². The van der Waals surface area contributed by atoms with Gasteiger partial charge < -0.3 is 21.1 Å². The number of piperidine rings is 1. The number of hydrogen-bond donors (Lipinski definition) is 3. The Morgan fingerprint density at radius 3 is 2.81 bits per heavy atom. The lowest BCUT2D eigenvalue weighted by atomic mass is 10.1. The SMILES string of the molecule is CC[C@H](NC(=O)N1CCCC(N)C1)C(=O)O. The second kappa shape index (κ2) is 5.69. The van der Waals surface area contributed by atoms with Crippen molar-refractivity contribution in [3.8, 4) is 0 Å². The molecule has 0 spiro atoms. The number of nitrogens with zero attached hydrogens (tertiary/aromatic N) is 1. The van der Waals surface area contributed by atoms with Crippen LogP contribution < -0.4 is 11.1 Å². The van der Waals surface area contributed by atoms with Crippen molar-refractivity contribution >= 4 is 12.0 Å². The summed E-state index contributed by atoms with van der Waals surface area (Å²) in [5.74, 6) is -1.00. The van der Waals surface area contributed by atoms with Crippen LogP contribution in [0, 0.1) is 0 Å². The summed E-state index contributed by atoms with van der Waals surface area (Å²) in [6.07, 6.45) is 2.17. The predicted octanol–water partition coefficient (Wildman–Crippen LogP) is -0.0177. The minimum absolute atomic E-state index is 0.00408. The Morgan fingerprint density at radius 1 is 1.62 bits per heavy atom. The van der Waals surface area contributed by atoms with E-state index in [2.05, 4.69) is 5.32 Å². The Labute approximate surface area is 94.8 Å². The zero-order valence-corrected chi connectivity index (χ0v) is 9.48. The second-order valence-electron chi connectivity index (χ2n) is 4.10. The van der Waals surface area contributed by atoms with E-state index >= 15 is 0 Å². The van der Waals surface area contributed by atoms with Crippen LogP contribution in [0.25, 0.3) is 0 Å². The van der Waals surface area contributed by atoms with Crippen LogP contribution in [0.4, 0.5) is 4.79 Å². The maximum atomic E-state index is 11.7. The molecule has 92 valence electrons. The first kappa shape index (κ1) is 12.8. The molecule has 4 N–H and O–H groups in total. The largest absolute Gasteiger partial charge is 0.480 e. The average molecular weight is 229 g/mol. The van der Waals surface area contributed by atoms with Gasteiger partial charge in [-0.3, -0.25) is 0 Å². The highest BCUT2D eigenvalue weighted by atomic mass is 16.4. The lowest BCUT2D eigenvalue weighted by Crippen LogP contribution is -2.53. The summed E-state index contributed by atoms with van der Waals surface area (Å²) in [6, 6.07) is -1.14. The van der Waals surface area contributed by atoms with Gasteiger partial charge in [0, 0.05) is 19.1 Å². The molecule has 1 aliphatic rings. The first-order chi connectivity index (χ1) is 7.54. The standard InChI is InChI=1S/C10H19N3O3/c1-2-8(9(14)15)12-10(16)13-5-3-4-7(11)6-13/h7-8H,2-6,11H2,1H3,(H,12,16)(H,14,15)/t7?,8-/m0/s1. The first-order valence-electron chi connectivity index (χ1n) is 5.58. The third kappa shape index (κ3) is 3.37. The number of hydrogen-bond acceptors (Lipinski definition) is 3. The Kier molecular flexibility index (Phi) is 4.54. The first-order valence-corrected chi connectivity index (χ1v) is 5.58. The average Bonchev–Trinajstić information content (AvgIpc) is 2.25. The third-order valence-corrected chi connectivity index (χ3v) is 2.75. The maximum absolute atomic E-state index is 11.7. The third-order valence-electron chi connectivity index (χ3n) is 2.75. The van der Waals surface area contributed by atoms with Crippen molar-refractivity contribution in [2.24, 2.45) is 5.73 Å². The van der Waals surface area contributed by atoms with Gasteiger partial charge in [0.1, 0.15) is 6.04 Å². The van der Waals surface area contributed by atoms with E-state index < -0.39 is 12.0 Å². The molecule has 0 aromatic heterocycles. The molecule has 6 heteroatoms. The van der Waals surface area contributed by atoms with Gasteiger partial charge in [-0.2, -0.15) is 0 Å². The lowest BCUT2D eigenvalue weighted by molar-refractivity contribution is -0.139. The highest BCUT2D eigenvalue weighted by molar-refractivity contribution is 5.82. The molecular formula is C10H19N3O3. The summed E-state index contributed by atoms with van der Waals surface area (Å²) >= 11 is 0. The smallest absolute Gasteiger partial charge is 0.326 e. The molecule has 2 amide bonds. The lowest BCUT2D eigenvalue weighted by Gasteiger charge is -2.31. The fourth-order valence-electron chi connectivity index (χ4n) is 1.77. The van der Waals surface area contributed by atoms with E-state index in [1.54, 1.807) is 11.8 Å². The molecule has 1 unspecified atom stereocenters. The Hall–Kier alpha value is -1.30. The molecule has 1 saturated heterocycles. The second-order valence-corrected chi connectivity index (χ2v) is 4.10. The Bertz CT molecular complexity index is 270. The van der Waals surface area contributed by atoms with Crippen LogP contribution in [0.15, 0.2) is 0 Å². The van der Waals surface area contributed by atoms with E-state index in [1.807, 2.05) is 0 Å². The molecule has 1 heterocycles. The molecule has 0 aliphatic carbocycles. The van der Waals surface area contributed by atoms with Gasteiger partial charge in [-0.25, -0.2) is 9.59 Å². The topological polar surface area (TPSA) is 95.7 Å². The number of rotatable bonds is 3. The van der Waals surface area contributed by atoms with E-state index in [0.29, 0.717) is 19.5 Å². The van der Waals surface area contributed by atoms with Crippen molar-refractivity contribution in [1.29, 1.82) is 0 Å². The molecule has 6 nitrogen and oxygen atoms in total. The molecule has 0 saturated carbocycles. The van der Waals surface area contributed by atoms with Gasteiger partial charge in [0.05, 0.1) is 0 Å². The Balaban J connectivity index is 2.47. The zero-order valence-electron chi connectivity index (χ0n) is 9.48. The van der Waals surface area contributed by atoms with Crippen LogP contribution in [0.2, 0.25) is 0 Å². The van der Waals surface area contributed by atoms with Crippen LogP contribution in [-0.4, -0.2) is 47.2 Å². The number of carboxylic acids is 1. The highest BCUT2D eigenvalue weighted by Gasteiger charge is 2.24. The number of nitrogens with one attached hydrogen (secondary N) is 1. The molecule has 16 heavy (non-hydrogen) atoms. The van der Waals surface area contributed by atoms with Crippen LogP contribution in [0.1, 0.15) is 26.2 Å².